The van der Waals surface area contributed by atoms with E-state index in [1.807, 2.05) is 6.92 Å². The first-order valence-electron chi connectivity index (χ1n) is 6.64. The number of rotatable bonds is 4. The predicted octanol–water partition coefficient (Wildman–Crippen LogP) is 0.546. The zero-order chi connectivity index (χ0) is 15.4. The number of carbonyl (C=O) groups is 3. The summed E-state index contributed by atoms with van der Waals surface area (Å²) >= 11 is 0. The third-order valence-electron chi connectivity index (χ3n) is 3.89. The zero-order valence-electron chi connectivity index (χ0n) is 12.3. The average Bonchev–Trinajstić information content (AvgIpc) is 2.78. The van der Waals surface area contributed by atoms with Crippen LogP contribution in [0.3, 0.4) is 0 Å². The van der Waals surface area contributed by atoms with Gasteiger partial charge in [-0.15, -0.1) is 0 Å². The normalized spacial score (nSPS) is 24.9. The molecule has 1 rings (SSSR count). The summed E-state index contributed by atoms with van der Waals surface area (Å²) in [5.41, 5.74) is 0. The summed E-state index contributed by atoms with van der Waals surface area (Å²) in [6.07, 6.45) is 0. The fourth-order valence-corrected chi connectivity index (χ4v) is 2.22. The second-order valence-corrected chi connectivity index (χ2v) is 5.38. The van der Waals surface area contributed by atoms with Crippen molar-refractivity contribution in [2.75, 3.05) is 20.2 Å². The third kappa shape index (κ3) is 3.61. The van der Waals surface area contributed by atoms with Crippen molar-refractivity contribution in [1.29, 1.82) is 0 Å². The number of aliphatic carboxylic acids is 1. The van der Waals surface area contributed by atoms with E-state index in [9.17, 15) is 14.4 Å². The molecule has 0 spiro atoms. The van der Waals surface area contributed by atoms with Crippen molar-refractivity contribution >= 4 is 18.0 Å². The van der Waals surface area contributed by atoms with Crippen LogP contribution in [0, 0.1) is 17.8 Å². The molecule has 0 bridgehead atoms. The minimum Gasteiger partial charge on any atom is -0.481 e. The van der Waals surface area contributed by atoms with Crippen LogP contribution in [0.15, 0.2) is 0 Å². The van der Waals surface area contributed by atoms with Gasteiger partial charge in [-0.25, -0.2) is 4.79 Å². The zero-order valence-corrected chi connectivity index (χ0v) is 12.3. The Morgan fingerprint density at radius 1 is 1.30 bits per heavy atom. The van der Waals surface area contributed by atoms with Crippen molar-refractivity contribution in [3.05, 3.63) is 0 Å². The van der Waals surface area contributed by atoms with Crippen LogP contribution in [0.4, 0.5) is 4.79 Å². The van der Waals surface area contributed by atoms with E-state index in [1.165, 1.54) is 18.9 Å². The van der Waals surface area contributed by atoms with Crippen molar-refractivity contribution in [2.45, 2.75) is 26.8 Å². The summed E-state index contributed by atoms with van der Waals surface area (Å²) in [6, 6.07) is -0.823. The van der Waals surface area contributed by atoms with E-state index in [1.54, 1.807) is 6.92 Å². The highest BCUT2D eigenvalue weighted by atomic mass is 16.5. The number of carboxylic acid groups (broad SMARTS) is 1. The number of carbonyl (C=O) groups excluding carboxylic acids is 2. The molecule has 0 saturated carbocycles. The molecule has 4 atom stereocenters. The number of hydrogen-bond acceptors (Lipinski definition) is 4. The Bertz CT molecular complexity index is 398. The van der Waals surface area contributed by atoms with Gasteiger partial charge in [-0.3, -0.25) is 9.59 Å². The monoisotopic (exact) mass is 286 g/mol. The lowest BCUT2D eigenvalue weighted by Gasteiger charge is -2.23. The van der Waals surface area contributed by atoms with Crippen LogP contribution >= 0.6 is 0 Å². The number of carboxylic acids is 1. The summed E-state index contributed by atoms with van der Waals surface area (Å²) in [4.78, 5) is 36.0. The molecular weight excluding hydrogens is 264 g/mol. The quantitative estimate of drug-likeness (QED) is 0.736. The first-order chi connectivity index (χ1) is 9.27. The molecule has 0 aromatic heterocycles. The van der Waals surface area contributed by atoms with Gasteiger partial charge in [0.1, 0.15) is 0 Å². The van der Waals surface area contributed by atoms with Crippen molar-refractivity contribution in [1.82, 2.24) is 10.2 Å². The van der Waals surface area contributed by atoms with Gasteiger partial charge in [0.2, 0.25) is 0 Å². The highest BCUT2D eigenvalue weighted by Gasteiger charge is 2.38. The van der Waals surface area contributed by atoms with Crippen LogP contribution in [0.2, 0.25) is 0 Å². The number of likely N-dealkylation sites (tertiary alicyclic amines) is 1. The molecule has 114 valence electrons. The second-order valence-electron chi connectivity index (χ2n) is 5.38. The van der Waals surface area contributed by atoms with Gasteiger partial charge in [0.15, 0.2) is 0 Å². The molecule has 1 saturated heterocycles. The molecule has 1 fully saturated rings. The van der Waals surface area contributed by atoms with E-state index in [0.717, 1.165) is 0 Å². The molecule has 0 radical (unpaired) electrons. The van der Waals surface area contributed by atoms with Gasteiger partial charge in [0.25, 0.3) is 0 Å². The van der Waals surface area contributed by atoms with Crippen LogP contribution in [-0.4, -0.2) is 54.2 Å². The van der Waals surface area contributed by atoms with Crippen LogP contribution in [0.1, 0.15) is 20.8 Å². The lowest BCUT2D eigenvalue weighted by molar-refractivity contribution is -0.146. The summed E-state index contributed by atoms with van der Waals surface area (Å²) < 4.78 is 4.71. The molecule has 2 N–H and O–H groups in total. The fraction of sp³-hybridized carbons (Fsp3) is 0.769. The highest BCUT2D eigenvalue weighted by molar-refractivity contribution is 5.79. The minimum absolute atomic E-state index is 0.0282. The van der Waals surface area contributed by atoms with Crippen molar-refractivity contribution in [3.8, 4) is 0 Å². The van der Waals surface area contributed by atoms with E-state index < -0.39 is 17.9 Å². The van der Waals surface area contributed by atoms with Gasteiger partial charge in [-0.05, 0) is 19.8 Å². The fourth-order valence-electron chi connectivity index (χ4n) is 2.22. The topological polar surface area (TPSA) is 95.9 Å². The highest BCUT2D eigenvalue weighted by Crippen LogP contribution is 2.24. The maximum absolute atomic E-state index is 12.1. The number of amides is 2. The minimum atomic E-state index is -0.958. The van der Waals surface area contributed by atoms with Crippen molar-refractivity contribution in [2.24, 2.45) is 17.8 Å². The summed E-state index contributed by atoms with van der Waals surface area (Å²) in [6.45, 7) is 5.83. The maximum atomic E-state index is 12.1. The number of methoxy groups -OCH3 is 1. The van der Waals surface area contributed by atoms with E-state index in [4.69, 9.17) is 9.84 Å². The molecular formula is C13H22N2O5. The van der Waals surface area contributed by atoms with E-state index in [0.29, 0.717) is 13.1 Å². The predicted molar refractivity (Wildman–Crippen MR) is 71.0 cm³/mol. The molecule has 20 heavy (non-hydrogen) atoms. The SMILES string of the molecule is COC(=O)C1CN(C(=O)NC(C)C(C)C(=O)O)CC1C. The summed E-state index contributed by atoms with van der Waals surface area (Å²) in [5.74, 6) is -2.24. The van der Waals surface area contributed by atoms with Crippen molar-refractivity contribution in [3.63, 3.8) is 0 Å². The van der Waals surface area contributed by atoms with Crippen molar-refractivity contribution < 1.29 is 24.2 Å². The van der Waals surface area contributed by atoms with E-state index in [2.05, 4.69) is 5.32 Å². The number of urea groups is 1. The van der Waals surface area contributed by atoms with Gasteiger partial charge in [-0.2, -0.15) is 0 Å². The smallest absolute Gasteiger partial charge is 0.317 e. The number of nitrogens with zero attached hydrogens (tertiary/aromatic N) is 1. The van der Waals surface area contributed by atoms with Crippen LogP contribution in [0.5, 0.6) is 0 Å². The molecule has 1 aliphatic heterocycles. The molecule has 4 unspecified atom stereocenters. The number of esters is 1. The van der Waals surface area contributed by atoms with Gasteiger partial charge < -0.3 is 20.1 Å². The lowest BCUT2D eigenvalue weighted by atomic mass is 9.99. The first-order valence-corrected chi connectivity index (χ1v) is 6.64. The summed E-state index contributed by atoms with van der Waals surface area (Å²) in [7, 11) is 1.33. The molecule has 0 aromatic rings. The molecule has 1 aliphatic rings. The van der Waals surface area contributed by atoms with Crippen LogP contribution in [-0.2, 0) is 14.3 Å². The Morgan fingerprint density at radius 2 is 1.90 bits per heavy atom. The van der Waals surface area contributed by atoms with Gasteiger partial charge >= 0.3 is 18.0 Å². The Labute approximate surface area is 118 Å². The van der Waals surface area contributed by atoms with Crippen LogP contribution in [0.25, 0.3) is 0 Å². The number of ether oxygens (including phenoxy) is 1. The Morgan fingerprint density at radius 3 is 2.40 bits per heavy atom. The maximum Gasteiger partial charge on any atom is 0.317 e. The van der Waals surface area contributed by atoms with Gasteiger partial charge in [0, 0.05) is 19.1 Å². The number of nitrogens with one attached hydrogen (secondary N) is 1. The molecule has 0 aliphatic carbocycles. The largest absolute Gasteiger partial charge is 0.481 e. The average molecular weight is 286 g/mol. The standard InChI is InChI=1S/C13H22N2O5/c1-7-5-15(6-10(7)12(18)20-4)13(19)14-9(3)8(2)11(16)17/h7-10H,5-6H2,1-4H3,(H,14,19)(H,16,17). The molecule has 1 heterocycles. The van der Waals surface area contributed by atoms with Gasteiger partial charge in [0.05, 0.1) is 18.9 Å². The van der Waals surface area contributed by atoms with Crippen LogP contribution < -0.4 is 5.32 Å². The Kier molecular flexibility index (Phi) is 5.35. The second kappa shape index (κ2) is 6.58. The summed E-state index contributed by atoms with van der Waals surface area (Å²) in [5, 5.41) is 11.5. The van der Waals surface area contributed by atoms with E-state index in [-0.39, 0.29) is 23.8 Å². The molecule has 7 heteroatoms. The number of hydrogen-bond donors (Lipinski definition) is 2. The van der Waals surface area contributed by atoms with E-state index >= 15 is 0 Å². The Balaban J connectivity index is 2.58. The molecule has 7 nitrogen and oxygen atoms in total. The lowest BCUT2D eigenvalue weighted by Crippen LogP contribution is -2.46. The van der Waals surface area contributed by atoms with Gasteiger partial charge in [-0.1, -0.05) is 6.92 Å². The third-order valence-corrected chi connectivity index (χ3v) is 3.89. The first kappa shape index (κ1) is 16.3. The molecule has 2 amide bonds. The molecule has 0 aromatic carbocycles. The Hall–Kier alpha value is -1.79.